The summed E-state index contributed by atoms with van der Waals surface area (Å²) in [6.45, 7) is 4.02. The second-order valence-corrected chi connectivity index (χ2v) is 8.19. The molecule has 0 bridgehead atoms. The van der Waals surface area contributed by atoms with Crippen LogP contribution in [0, 0.1) is 6.92 Å². The van der Waals surface area contributed by atoms with Crippen molar-refractivity contribution in [1.29, 1.82) is 0 Å². The van der Waals surface area contributed by atoms with Crippen LogP contribution in [-0.2, 0) is 0 Å². The molecule has 0 unspecified atom stereocenters. The van der Waals surface area contributed by atoms with Crippen molar-refractivity contribution in [3.63, 3.8) is 0 Å². The van der Waals surface area contributed by atoms with Gasteiger partial charge in [-0.3, -0.25) is 0 Å². The van der Waals surface area contributed by atoms with Gasteiger partial charge in [0.2, 0.25) is 0 Å². The van der Waals surface area contributed by atoms with E-state index in [2.05, 4.69) is 27.7 Å². The third-order valence-corrected chi connectivity index (χ3v) is 5.95. The first-order valence-electron chi connectivity index (χ1n) is 9.00. The molecule has 26 heavy (non-hydrogen) atoms. The van der Waals surface area contributed by atoms with Gasteiger partial charge in [-0.25, -0.2) is 4.79 Å². The number of piperidine rings is 1. The third-order valence-electron chi connectivity index (χ3n) is 5.01. The van der Waals surface area contributed by atoms with Crippen LogP contribution in [0.15, 0.2) is 41.8 Å². The minimum atomic E-state index is -0.813. The monoisotopic (exact) mass is 373 g/mol. The summed E-state index contributed by atoms with van der Waals surface area (Å²) in [5, 5.41) is 18.6. The number of amides is 2. The van der Waals surface area contributed by atoms with Crippen molar-refractivity contribution in [2.24, 2.45) is 0 Å². The molecule has 5 nitrogen and oxygen atoms in total. The van der Waals surface area contributed by atoms with Gasteiger partial charge in [-0.2, -0.15) is 0 Å². The number of urea groups is 1. The number of aliphatic hydroxyl groups is 1. The zero-order chi connectivity index (χ0) is 18.6. The van der Waals surface area contributed by atoms with Gasteiger partial charge in [-0.15, -0.1) is 11.3 Å². The first-order valence-corrected chi connectivity index (χ1v) is 9.88. The van der Waals surface area contributed by atoms with E-state index in [4.69, 9.17) is 0 Å². The fourth-order valence-electron chi connectivity index (χ4n) is 3.17. The van der Waals surface area contributed by atoms with Crippen molar-refractivity contribution < 1.29 is 9.90 Å². The Balaban J connectivity index is 1.63. The van der Waals surface area contributed by atoms with Crippen molar-refractivity contribution in [3.8, 4) is 0 Å². The maximum Gasteiger partial charge on any atom is 0.315 e. The van der Waals surface area contributed by atoms with Gasteiger partial charge in [0, 0.05) is 24.5 Å². The summed E-state index contributed by atoms with van der Waals surface area (Å²) in [4.78, 5) is 15.8. The minimum Gasteiger partial charge on any atom is -0.388 e. The highest BCUT2D eigenvalue weighted by Gasteiger charge is 2.31. The molecule has 0 spiro atoms. The lowest BCUT2D eigenvalue weighted by atomic mass is 9.92. The van der Waals surface area contributed by atoms with Gasteiger partial charge in [-0.1, -0.05) is 35.9 Å². The van der Waals surface area contributed by atoms with Gasteiger partial charge < -0.3 is 20.6 Å². The van der Waals surface area contributed by atoms with Gasteiger partial charge in [0.15, 0.2) is 0 Å². The van der Waals surface area contributed by atoms with E-state index in [1.807, 2.05) is 43.6 Å². The van der Waals surface area contributed by atoms with Crippen LogP contribution < -0.4 is 10.6 Å². The van der Waals surface area contributed by atoms with E-state index in [0.29, 0.717) is 12.8 Å². The molecule has 1 aliphatic heterocycles. The van der Waals surface area contributed by atoms with E-state index in [-0.39, 0.29) is 18.6 Å². The predicted molar refractivity (Wildman–Crippen MR) is 106 cm³/mol. The fraction of sp³-hybridized carbons (Fsp3) is 0.450. The average Bonchev–Trinajstić information content (AvgIpc) is 3.16. The molecule has 2 amide bonds. The number of nitrogens with one attached hydrogen (secondary N) is 2. The lowest BCUT2D eigenvalue weighted by Crippen LogP contribution is -2.51. The van der Waals surface area contributed by atoms with Crippen LogP contribution in [0.3, 0.4) is 0 Å². The Morgan fingerprint density at radius 3 is 2.58 bits per heavy atom. The molecule has 1 aromatic carbocycles. The molecule has 1 saturated heterocycles. The van der Waals surface area contributed by atoms with E-state index in [9.17, 15) is 9.90 Å². The molecule has 1 fully saturated rings. The van der Waals surface area contributed by atoms with Crippen molar-refractivity contribution in [3.05, 3.63) is 57.8 Å². The van der Waals surface area contributed by atoms with Gasteiger partial charge in [0.05, 0.1) is 11.6 Å². The van der Waals surface area contributed by atoms with Crippen LogP contribution >= 0.6 is 11.3 Å². The number of hydrogen-bond acceptors (Lipinski definition) is 4. The van der Waals surface area contributed by atoms with Crippen LogP contribution in [0.5, 0.6) is 0 Å². The van der Waals surface area contributed by atoms with E-state index >= 15 is 0 Å². The molecule has 140 valence electrons. The number of nitrogens with zero attached hydrogens (tertiary/aromatic N) is 1. The van der Waals surface area contributed by atoms with Crippen molar-refractivity contribution in [2.45, 2.75) is 31.4 Å². The summed E-state index contributed by atoms with van der Waals surface area (Å²) in [5.41, 5.74) is 1.42. The van der Waals surface area contributed by atoms with E-state index in [1.54, 1.807) is 11.3 Å². The Kier molecular flexibility index (Phi) is 5.96. The number of hydrogen-bond donors (Lipinski definition) is 3. The fourth-order valence-corrected chi connectivity index (χ4v) is 3.97. The molecule has 0 aliphatic carbocycles. The quantitative estimate of drug-likeness (QED) is 0.755. The molecule has 1 aliphatic rings. The summed E-state index contributed by atoms with van der Waals surface area (Å²) in [6.07, 6.45) is 1.35. The maximum absolute atomic E-state index is 12.5. The number of benzene rings is 1. The number of thiophene rings is 1. The van der Waals surface area contributed by atoms with Crippen LogP contribution in [0.2, 0.25) is 0 Å². The normalized spacial score (nSPS) is 18.3. The third kappa shape index (κ3) is 4.84. The molecule has 1 aromatic heterocycles. The topological polar surface area (TPSA) is 64.6 Å². The molecule has 3 N–H and O–H groups in total. The summed E-state index contributed by atoms with van der Waals surface area (Å²) < 4.78 is 0. The zero-order valence-corrected chi connectivity index (χ0v) is 16.2. The van der Waals surface area contributed by atoms with Crippen LogP contribution in [0.1, 0.15) is 34.9 Å². The standard InChI is InChI=1S/C20H27N3O2S/c1-15-5-7-16(8-6-15)18(17-4-3-13-26-17)22-19(24)21-14-20(25)9-11-23(2)12-10-20/h3-8,13,18,25H,9-12,14H2,1-2H3,(H2,21,22,24)/t18-/m0/s1. The minimum absolute atomic E-state index is 0.192. The molecule has 2 aromatic rings. The number of aryl methyl sites for hydroxylation is 1. The number of carbonyl (C=O) groups is 1. The largest absolute Gasteiger partial charge is 0.388 e. The van der Waals surface area contributed by atoms with Crippen molar-refractivity contribution >= 4 is 17.4 Å². The van der Waals surface area contributed by atoms with Gasteiger partial charge >= 0.3 is 6.03 Å². The Morgan fingerprint density at radius 1 is 1.27 bits per heavy atom. The van der Waals surface area contributed by atoms with Gasteiger partial charge in [-0.05, 0) is 43.8 Å². The molecular weight excluding hydrogens is 346 g/mol. The highest BCUT2D eigenvalue weighted by molar-refractivity contribution is 7.10. The van der Waals surface area contributed by atoms with Crippen LogP contribution in [0.25, 0.3) is 0 Å². The van der Waals surface area contributed by atoms with Crippen molar-refractivity contribution in [2.75, 3.05) is 26.7 Å². The molecule has 3 rings (SSSR count). The highest BCUT2D eigenvalue weighted by atomic mass is 32.1. The Bertz CT molecular complexity index is 707. The zero-order valence-electron chi connectivity index (χ0n) is 15.4. The van der Waals surface area contributed by atoms with E-state index in [1.165, 1.54) is 5.56 Å². The molecule has 2 heterocycles. The Hall–Kier alpha value is -1.89. The van der Waals surface area contributed by atoms with Gasteiger partial charge in [0.25, 0.3) is 0 Å². The second-order valence-electron chi connectivity index (χ2n) is 7.21. The summed E-state index contributed by atoms with van der Waals surface area (Å²) in [5.74, 6) is 0. The lowest BCUT2D eigenvalue weighted by Gasteiger charge is -2.36. The van der Waals surface area contributed by atoms with Crippen molar-refractivity contribution in [1.82, 2.24) is 15.5 Å². The van der Waals surface area contributed by atoms with Crippen LogP contribution in [0.4, 0.5) is 4.79 Å². The Labute approximate surface area is 159 Å². The molecular formula is C20H27N3O2S. The molecule has 6 heteroatoms. The van der Waals surface area contributed by atoms with Crippen LogP contribution in [-0.4, -0.2) is 48.3 Å². The average molecular weight is 374 g/mol. The number of likely N-dealkylation sites (tertiary alicyclic amines) is 1. The molecule has 1 atom stereocenters. The van der Waals surface area contributed by atoms with E-state index in [0.717, 1.165) is 23.5 Å². The maximum atomic E-state index is 12.5. The number of carbonyl (C=O) groups excluding carboxylic acids is 1. The molecule has 0 saturated carbocycles. The SMILES string of the molecule is Cc1ccc([C@H](NC(=O)NCC2(O)CCN(C)CC2)c2cccs2)cc1. The summed E-state index contributed by atoms with van der Waals surface area (Å²) in [6, 6.07) is 11.8. The second kappa shape index (κ2) is 8.20. The molecule has 0 radical (unpaired) electrons. The van der Waals surface area contributed by atoms with E-state index < -0.39 is 5.60 Å². The first kappa shape index (κ1) is 18.9. The first-order chi connectivity index (χ1) is 12.5. The number of rotatable bonds is 5. The van der Waals surface area contributed by atoms with Gasteiger partial charge in [0.1, 0.15) is 0 Å². The Morgan fingerprint density at radius 2 is 1.96 bits per heavy atom. The summed E-state index contributed by atoms with van der Waals surface area (Å²) >= 11 is 1.62. The highest BCUT2D eigenvalue weighted by Crippen LogP contribution is 2.26. The summed E-state index contributed by atoms with van der Waals surface area (Å²) in [7, 11) is 2.05. The smallest absolute Gasteiger partial charge is 0.315 e. The lowest BCUT2D eigenvalue weighted by molar-refractivity contribution is -0.0123. The predicted octanol–water partition coefficient (Wildman–Crippen LogP) is 2.90.